The summed E-state index contributed by atoms with van der Waals surface area (Å²) in [5.41, 5.74) is 1.89. The van der Waals surface area contributed by atoms with Gasteiger partial charge in [0, 0.05) is 10.9 Å². The molecule has 0 aliphatic carbocycles. The molecule has 0 radical (unpaired) electrons. The van der Waals surface area contributed by atoms with Gasteiger partial charge in [0.15, 0.2) is 0 Å². The van der Waals surface area contributed by atoms with E-state index in [2.05, 4.69) is 31.0 Å². The summed E-state index contributed by atoms with van der Waals surface area (Å²) in [6.45, 7) is 0. The SMILES string of the molecule is O=C(Nc1nn[nH]n1)n1nc(-c2ccc(F)cc2)c2ccccc21. The molecule has 0 saturated heterocycles. The maximum Gasteiger partial charge on any atom is 0.349 e. The van der Waals surface area contributed by atoms with E-state index in [-0.39, 0.29) is 11.8 Å². The van der Waals surface area contributed by atoms with Crippen LogP contribution in [0.25, 0.3) is 22.2 Å². The number of nitrogens with zero attached hydrogens (tertiary/aromatic N) is 5. The minimum atomic E-state index is -0.527. The number of rotatable bonds is 2. The predicted molar refractivity (Wildman–Crippen MR) is 83.7 cm³/mol. The first-order chi connectivity index (χ1) is 11.7. The molecule has 0 atom stereocenters. The zero-order valence-electron chi connectivity index (χ0n) is 12.1. The van der Waals surface area contributed by atoms with E-state index in [1.54, 1.807) is 24.3 Å². The van der Waals surface area contributed by atoms with E-state index < -0.39 is 6.03 Å². The number of H-pyrrole nitrogens is 1. The Kier molecular flexibility index (Phi) is 3.23. The number of carbonyl (C=O) groups is 1. The number of tetrazole rings is 1. The molecule has 0 aliphatic heterocycles. The molecular weight excluding hydrogens is 313 g/mol. The quantitative estimate of drug-likeness (QED) is 0.590. The fourth-order valence-electron chi connectivity index (χ4n) is 2.41. The number of amides is 1. The van der Waals surface area contributed by atoms with Gasteiger partial charge in [-0.05, 0) is 35.5 Å². The topological polar surface area (TPSA) is 101 Å². The molecule has 24 heavy (non-hydrogen) atoms. The molecule has 9 heteroatoms. The molecule has 2 N–H and O–H groups in total. The largest absolute Gasteiger partial charge is 0.349 e. The van der Waals surface area contributed by atoms with Gasteiger partial charge >= 0.3 is 6.03 Å². The van der Waals surface area contributed by atoms with Gasteiger partial charge < -0.3 is 0 Å². The van der Waals surface area contributed by atoms with Crippen molar-refractivity contribution in [3.05, 3.63) is 54.3 Å². The third-order valence-corrected chi connectivity index (χ3v) is 3.46. The molecule has 8 nitrogen and oxygen atoms in total. The van der Waals surface area contributed by atoms with Crippen molar-refractivity contribution >= 4 is 22.9 Å². The highest BCUT2D eigenvalue weighted by molar-refractivity contribution is 6.01. The number of aromatic nitrogens is 6. The van der Waals surface area contributed by atoms with Gasteiger partial charge in [0.2, 0.25) is 0 Å². The van der Waals surface area contributed by atoms with E-state index in [0.717, 1.165) is 5.39 Å². The number of fused-ring (bicyclic) bond motifs is 1. The summed E-state index contributed by atoms with van der Waals surface area (Å²) in [6, 6.07) is 12.7. The van der Waals surface area contributed by atoms with Crippen molar-refractivity contribution in [3.63, 3.8) is 0 Å². The lowest BCUT2D eigenvalue weighted by Crippen LogP contribution is -2.21. The van der Waals surface area contributed by atoms with Crippen LogP contribution in [-0.4, -0.2) is 36.4 Å². The maximum absolute atomic E-state index is 13.1. The summed E-state index contributed by atoms with van der Waals surface area (Å²) in [7, 11) is 0. The highest BCUT2D eigenvalue weighted by Gasteiger charge is 2.17. The Morgan fingerprint density at radius 1 is 1.12 bits per heavy atom. The Hall–Kier alpha value is -3.62. The molecule has 4 aromatic rings. The van der Waals surface area contributed by atoms with Gasteiger partial charge in [-0.3, -0.25) is 5.32 Å². The summed E-state index contributed by atoms with van der Waals surface area (Å²) < 4.78 is 14.4. The summed E-state index contributed by atoms with van der Waals surface area (Å²) >= 11 is 0. The van der Waals surface area contributed by atoms with Crippen molar-refractivity contribution < 1.29 is 9.18 Å². The van der Waals surface area contributed by atoms with Crippen molar-refractivity contribution in [2.75, 3.05) is 5.32 Å². The van der Waals surface area contributed by atoms with Gasteiger partial charge in [0.05, 0.1) is 5.52 Å². The van der Waals surface area contributed by atoms with Crippen LogP contribution in [0, 0.1) is 5.82 Å². The zero-order chi connectivity index (χ0) is 16.5. The fourth-order valence-corrected chi connectivity index (χ4v) is 2.41. The lowest BCUT2D eigenvalue weighted by atomic mass is 10.1. The second-order valence-corrected chi connectivity index (χ2v) is 4.95. The van der Waals surface area contributed by atoms with E-state index in [1.807, 2.05) is 12.1 Å². The van der Waals surface area contributed by atoms with E-state index in [4.69, 9.17) is 0 Å². The van der Waals surface area contributed by atoms with Crippen LogP contribution in [0.3, 0.4) is 0 Å². The van der Waals surface area contributed by atoms with Crippen LogP contribution in [0.2, 0.25) is 0 Å². The first-order valence-corrected chi connectivity index (χ1v) is 7.01. The van der Waals surface area contributed by atoms with Crippen molar-refractivity contribution in [1.29, 1.82) is 0 Å². The average Bonchev–Trinajstić information content (AvgIpc) is 3.23. The lowest BCUT2D eigenvalue weighted by Gasteiger charge is -2.01. The number of hydrogen-bond donors (Lipinski definition) is 2. The van der Waals surface area contributed by atoms with Crippen molar-refractivity contribution in [3.8, 4) is 11.3 Å². The molecule has 2 heterocycles. The van der Waals surface area contributed by atoms with Crippen LogP contribution in [0.1, 0.15) is 0 Å². The molecule has 0 saturated carbocycles. The number of anilines is 1. The number of aromatic amines is 1. The summed E-state index contributed by atoms with van der Waals surface area (Å²) in [6.07, 6.45) is 0. The highest BCUT2D eigenvalue weighted by Crippen LogP contribution is 2.28. The number of halogens is 1. The second-order valence-electron chi connectivity index (χ2n) is 4.95. The molecule has 0 unspecified atom stereocenters. The monoisotopic (exact) mass is 323 g/mol. The van der Waals surface area contributed by atoms with Crippen LogP contribution >= 0.6 is 0 Å². The van der Waals surface area contributed by atoms with E-state index in [9.17, 15) is 9.18 Å². The van der Waals surface area contributed by atoms with Crippen LogP contribution in [0.5, 0.6) is 0 Å². The van der Waals surface area contributed by atoms with Crippen LogP contribution in [-0.2, 0) is 0 Å². The first kappa shape index (κ1) is 14.0. The van der Waals surface area contributed by atoms with Gasteiger partial charge in [-0.1, -0.05) is 23.3 Å². The Bertz CT molecular complexity index is 1010. The minimum absolute atomic E-state index is 0.0444. The normalized spacial score (nSPS) is 10.9. The summed E-state index contributed by atoms with van der Waals surface area (Å²) in [4.78, 5) is 12.4. The molecule has 1 amide bonds. The summed E-state index contributed by atoms with van der Waals surface area (Å²) in [5.74, 6) is -0.291. The molecule has 2 aromatic heterocycles. The van der Waals surface area contributed by atoms with Crippen molar-refractivity contribution in [2.24, 2.45) is 0 Å². The Labute approximate surface area is 134 Å². The van der Waals surface area contributed by atoms with Gasteiger partial charge in [-0.15, -0.1) is 5.10 Å². The molecule has 0 fully saturated rings. The van der Waals surface area contributed by atoms with E-state index >= 15 is 0 Å². The van der Waals surface area contributed by atoms with Crippen LogP contribution in [0.15, 0.2) is 48.5 Å². The number of nitrogens with one attached hydrogen (secondary N) is 2. The molecule has 2 aromatic carbocycles. The Balaban J connectivity index is 1.82. The van der Waals surface area contributed by atoms with Gasteiger partial charge in [0.1, 0.15) is 11.5 Å². The van der Waals surface area contributed by atoms with Crippen molar-refractivity contribution in [1.82, 2.24) is 30.4 Å². The molecule has 0 bridgehead atoms. The lowest BCUT2D eigenvalue weighted by molar-refractivity contribution is 0.251. The third kappa shape index (κ3) is 2.37. The highest BCUT2D eigenvalue weighted by atomic mass is 19.1. The Morgan fingerprint density at radius 2 is 1.92 bits per heavy atom. The average molecular weight is 323 g/mol. The molecule has 0 spiro atoms. The van der Waals surface area contributed by atoms with Gasteiger partial charge in [-0.2, -0.15) is 15.0 Å². The molecular formula is C15H10FN7O. The van der Waals surface area contributed by atoms with Gasteiger partial charge in [0.25, 0.3) is 5.95 Å². The minimum Gasteiger partial charge on any atom is -0.272 e. The standard InChI is InChI=1S/C15H10FN7O/c16-10-7-5-9(6-8-10)13-11-3-1-2-4-12(11)23(20-13)15(24)17-14-18-21-22-19-14/h1-8H,(H2,17,18,19,21,22,24). The zero-order valence-corrected chi connectivity index (χ0v) is 12.1. The fraction of sp³-hybridized carbons (Fsp3) is 0. The van der Waals surface area contributed by atoms with E-state index in [0.29, 0.717) is 16.8 Å². The number of hydrogen-bond acceptors (Lipinski definition) is 5. The molecule has 118 valence electrons. The van der Waals surface area contributed by atoms with Crippen molar-refractivity contribution in [2.45, 2.75) is 0 Å². The van der Waals surface area contributed by atoms with Crippen LogP contribution in [0.4, 0.5) is 15.1 Å². The smallest absolute Gasteiger partial charge is 0.272 e. The Morgan fingerprint density at radius 3 is 2.67 bits per heavy atom. The first-order valence-electron chi connectivity index (χ1n) is 7.01. The number of para-hydroxylation sites is 1. The van der Waals surface area contributed by atoms with Crippen LogP contribution < -0.4 is 5.32 Å². The summed E-state index contributed by atoms with van der Waals surface area (Å²) in [5, 5.41) is 20.6. The van der Waals surface area contributed by atoms with Gasteiger partial charge in [-0.25, -0.2) is 9.18 Å². The predicted octanol–water partition coefficient (Wildman–Crippen LogP) is 2.44. The second kappa shape index (κ2) is 5.54. The molecule has 4 rings (SSSR count). The van der Waals surface area contributed by atoms with E-state index in [1.165, 1.54) is 16.8 Å². The maximum atomic E-state index is 13.1. The molecule has 0 aliphatic rings. The number of carbonyl (C=O) groups excluding carboxylic acids is 1. The number of benzene rings is 2. The third-order valence-electron chi connectivity index (χ3n) is 3.46.